The Labute approximate surface area is 109 Å². The molecule has 0 aromatic heterocycles. The van der Waals surface area contributed by atoms with Gasteiger partial charge >= 0.3 is 6.09 Å². The third-order valence-electron chi connectivity index (χ3n) is 3.38. The number of carbonyl (C=O) groups is 2. The molecule has 0 saturated carbocycles. The molecule has 0 unspecified atom stereocenters. The fourth-order valence-electron chi connectivity index (χ4n) is 2.11. The van der Waals surface area contributed by atoms with Gasteiger partial charge in [0.15, 0.2) is 0 Å². The van der Waals surface area contributed by atoms with Crippen molar-refractivity contribution in [2.75, 3.05) is 6.61 Å². The highest BCUT2D eigenvalue weighted by atomic mass is 16.6. The van der Waals surface area contributed by atoms with Gasteiger partial charge in [-0.2, -0.15) is 0 Å². The Balaban J connectivity index is 2.62. The van der Waals surface area contributed by atoms with Crippen LogP contribution in [0.4, 0.5) is 4.79 Å². The number of carbonyl (C=O) groups excluding carboxylic acids is 2. The van der Waals surface area contributed by atoms with E-state index >= 15 is 0 Å². The van der Waals surface area contributed by atoms with Gasteiger partial charge in [0, 0.05) is 5.92 Å². The van der Waals surface area contributed by atoms with Gasteiger partial charge in [-0.05, 0) is 25.2 Å². The zero-order valence-corrected chi connectivity index (χ0v) is 11.5. The Hall–Kier alpha value is -1.32. The summed E-state index contributed by atoms with van der Waals surface area (Å²) in [4.78, 5) is 25.2. The van der Waals surface area contributed by atoms with E-state index in [2.05, 4.69) is 6.58 Å². The molecule has 1 fully saturated rings. The van der Waals surface area contributed by atoms with Crippen molar-refractivity contribution in [3.63, 3.8) is 0 Å². The predicted molar refractivity (Wildman–Crippen MR) is 70.0 cm³/mol. The van der Waals surface area contributed by atoms with E-state index in [0.717, 1.165) is 19.3 Å². The number of imide groups is 1. The average Bonchev–Trinajstić information content (AvgIpc) is 2.70. The van der Waals surface area contributed by atoms with E-state index in [1.54, 1.807) is 0 Å². The van der Waals surface area contributed by atoms with Gasteiger partial charge in [0.1, 0.15) is 6.61 Å². The van der Waals surface area contributed by atoms with Crippen molar-refractivity contribution >= 4 is 12.0 Å². The molecule has 18 heavy (non-hydrogen) atoms. The Bertz CT molecular complexity index is 325. The van der Waals surface area contributed by atoms with Crippen molar-refractivity contribution in [1.29, 1.82) is 0 Å². The zero-order valence-electron chi connectivity index (χ0n) is 11.5. The lowest BCUT2D eigenvalue weighted by atomic mass is 9.99. The molecule has 0 spiro atoms. The smallest absolute Gasteiger partial charge is 0.416 e. The van der Waals surface area contributed by atoms with Crippen LogP contribution in [0.1, 0.15) is 40.0 Å². The molecule has 1 aliphatic rings. The van der Waals surface area contributed by atoms with Crippen molar-refractivity contribution in [3.05, 3.63) is 12.7 Å². The first kappa shape index (κ1) is 14.7. The van der Waals surface area contributed by atoms with Crippen LogP contribution in [0.2, 0.25) is 0 Å². The first-order chi connectivity index (χ1) is 8.49. The van der Waals surface area contributed by atoms with E-state index in [0.29, 0.717) is 6.61 Å². The van der Waals surface area contributed by atoms with Gasteiger partial charge in [-0.3, -0.25) is 4.79 Å². The SMILES string of the molecule is C=CCCC[C@H](C)C(=O)N1C(=O)OC[C@@H]1C(C)C. The molecule has 0 aromatic rings. The van der Waals surface area contributed by atoms with E-state index in [9.17, 15) is 9.59 Å². The summed E-state index contributed by atoms with van der Waals surface area (Å²) in [6.07, 6.45) is 3.95. The first-order valence-electron chi connectivity index (χ1n) is 6.59. The number of rotatable bonds is 6. The molecule has 102 valence electrons. The summed E-state index contributed by atoms with van der Waals surface area (Å²) in [6.45, 7) is 9.84. The van der Waals surface area contributed by atoms with Crippen molar-refractivity contribution in [2.45, 2.75) is 46.1 Å². The predicted octanol–water partition coefficient (Wildman–Crippen LogP) is 2.98. The van der Waals surface area contributed by atoms with Crippen molar-refractivity contribution in [3.8, 4) is 0 Å². The minimum atomic E-state index is -0.491. The van der Waals surface area contributed by atoms with Crippen LogP contribution in [0.15, 0.2) is 12.7 Å². The van der Waals surface area contributed by atoms with Crippen LogP contribution in [-0.2, 0) is 9.53 Å². The van der Waals surface area contributed by atoms with E-state index in [4.69, 9.17) is 4.74 Å². The summed E-state index contributed by atoms with van der Waals surface area (Å²) in [5.41, 5.74) is 0. The summed E-state index contributed by atoms with van der Waals surface area (Å²) >= 11 is 0. The number of cyclic esters (lactones) is 1. The van der Waals surface area contributed by atoms with Gasteiger partial charge in [-0.25, -0.2) is 9.69 Å². The standard InChI is InChI=1S/C14H23NO3/c1-5-6-7-8-11(4)13(16)15-12(10(2)3)9-18-14(15)17/h5,10-12H,1,6-9H2,2-4H3/t11-,12+/m0/s1. The lowest BCUT2D eigenvalue weighted by Gasteiger charge is -2.25. The Morgan fingerprint density at radius 3 is 2.78 bits per heavy atom. The third kappa shape index (κ3) is 3.34. The fraction of sp³-hybridized carbons (Fsp3) is 0.714. The van der Waals surface area contributed by atoms with Gasteiger partial charge in [0.05, 0.1) is 6.04 Å². The van der Waals surface area contributed by atoms with Crippen LogP contribution in [0.25, 0.3) is 0 Å². The Kier molecular flexibility index (Phi) is 5.38. The van der Waals surface area contributed by atoms with E-state index in [1.165, 1.54) is 4.90 Å². The molecular weight excluding hydrogens is 230 g/mol. The second-order valence-corrected chi connectivity index (χ2v) is 5.22. The molecule has 4 heteroatoms. The van der Waals surface area contributed by atoms with Crippen LogP contribution in [-0.4, -0.2) is 29.5 Å². The minimum Gasteiger partial charge on any atom is -0.447 e. The highest BCUT2D eigenvalue weighted by molar-refractivity contribution is 5.94. The van der Waals surface area contributed by atoms with Gasteiger partial charge in [0.25, 0.3) is 0 Å². The quantitative estimate of drug-likeness (QED) is 0.540. The van der Waals surface area contributed by atoms with E-state index in [1.807, 2.05) is 26.8 Å². The summed E-state index contributed by atoms with van der Waals surface area (Å²) in [7, 11) is 0. The van der Waals surface area contributed by atoms with Crippen LogP contribution in [0.5, 0.6) is 0 Å². The average molecular weight is 253 g/mol. The van der Waals surface area contributed by atoms with Crippen LogP contribution in [0.3, 0.4) is 0 Å². The van der Waals surface area contributed by atoms with Crippen molar-refractivity contribution in [2.24, 2.45) is 11.8 Å². The van der Waals surface area contributed by atoms with Crippen LogP contribution < -0.4 is 0 Å². The van der Waals surface area contributed by atoms with Gasteiger partial charge in [0.2, 0.25) is 5.91 Å². The maximum atomic E-state index is 12.3. The summed E-state index contributed by atoms with van der Waals surface area (Å²) in [5, 5.41) is 0. The highest BCUT2D eigenvalue weighted by Crippen LogP contribution is 2.23. The molecule has 0 N–H and O–H groups in total. The van der Waals surface area contributed by atoms with Crippen molar-refractivity contribution in [1.82, 2.24) is 4.90 Å². The molecule has 1 aliphatic heterocycles. The molecule has 0 aliphatic carbocycles. The molecule has 0 aromatic carbocycles. The minimum absolute atomic E-state index is 0.111. The second-order valence-electron chi connectivity index (χ2n) is 5.22. The summed E-state index contributed by atoms with van der Waals surface area (Å²) in [5.74, 6) is -0.0297. The third-order valence-corrected chi connectivity index (χ3v) is 3.38. The topological polar surface area (TPSA) is 46.6 Å². The van der Waals surface area contributed by atoms with Crippen LogP contribution >= 0.6 is 0 Å². The summed E-state index contributed by atoms with van der Waals surface area (Å²) < 4.78 is 4.99. The highest BCUT2D eigenvalue weighted by Gasteiger charge is 2.40. The zero-order chi connectivity index (χ0) is 13.7. The maximum absolute atomic E-state index is 12.3. The molecule has 1 saturated heterocycles. The maximum Gasteiger partial charge on any atom is 0.416 e. The molecule has 0 bridgehead atoms. The molecule has 1 heterocycles. The lowest BCUT2D eigenvalue weighted by molar-refractivity contribution is -0.133. The largest absolute Gasteiger partial charge is 0.447 e. The molecule has 1 rings (SSSR count). The van der Waals surface area contributed by atoms with Gasteiger partial charge in [-0.15, -0.1) is 6.58 Å². The van der Waals surface area contributed by atoms with E-state index in [-0.39, 0.29) is 23.8 Å². The number of amides is 2. The van der Waals surface area contributed by atoms with Crippen LogP contribution in [0, 0.1) is 11.8 Å². The number of hydrogen-bond acceptors (Lipinski definition) is 3. The number of allylic oxidation sites excluding steroid dienone is 1. The van der Waals surface area contributed by atoms with Gasteiger partial charge < -0.3 is 4.74 Å². The monoisotopic (exact) mass is 253 g/mol. The summed E-state index contributed by atoms with van der Waals surface area (Å²) in [6, 6.07) is -0.119. The lowest BCUT2D eigenvalue weighted by Crippen LogP contribution is -2.44. The van der Waals surface area contributed by atoms with Crippen molar-refractivity contribution < 1.29 is 14.3 Å². The molecule has 0 radical (unpaired) electrons. The number of unbranched alkanes of at least 4 members (excludes halogenated alkanes) is 1. The number of ether oxygens (including phenoxy) is 1. The number of nitrogens with zero attached hydrogens (tertiary/aromatic N) is 1. The molecular formula is C14H23NO3. The first-order valence-corrected chi connectivity index (χ1v) is 6.59. The number of hydrogen-bond donors (Lipinski definition) is 0. The molecule has 2 amide bonds. The Morgan fingerprint density at radius 2 is 2.22 bits per heavy atom. The van der Waals surface area contributed by atoms with E-state index < -0.39 is 6.09 Å². The normalized spacial score (nSPS) is 21.0. The fourth-order valence-corrected chi connectivity index (χ4v) is 2.11. The second kappa shape index (κ2) is 6.57. The molecule has 4 nitrogen and oxygen atoms in total. The Morgan fingerprint density at radius 1 is 1.56 bits per heavy atom. The molecule has 2 atom stereocenters. The van der Waals surface area contributed by atoms with Gasteiger partial charge in [-0.1, -0.05) is 26.8 Å².